The molecule has 0 bridgehead atoms. The maximum atomic E-state index is 6.06. The number of ether oxygens (including phenoxy) is 1. The van der Waals surface area contributed by atoms with Gasteiger partial charge in [-0.15, -0.1) is 0 Å². The second kappa shape index (κ2) is 7.39. The fraction of sp³-hybridized carbons (Fsp3) is 0.667. The number of nitrogens with zero attached hydrogens (tertiary/aromatic N) is 1. The molecule has 1 aromatic carbocycles. The van der Waals surface area contributed by atoms with Gasteiger partial charge in [0.25, 0.3) is 0 Å². The third-order valence-corrected chi connectivity index (χ3v) is 4.74. The summed E-state index contributed by atoms with van der Waals surface area (Å²) in [4.78, 5) is 2.52. The number of aryl methyl sites for hydroxylation is 2. The van der Waals surface area contributed by atoms with Crippen LogP contribution in [-0.4, -0.2) is 49.8 Å². The summed E-state index contributed by atoms with van der Waals surface area (Å²) in [5.41, 5.74) is 4.22. The quantitative estimate of drug-likeness (QED) is 0.902. The minimum atomic E-state index is 0.269. The number of rotatable bonds is 5. The largest absolute Gasteiger partial charge is 0.374 e. The van der Waals surface area contributed by atoms with E-state index in [-0.39, 0.29) is 6.10 Å². The van der Waals surface area contributed by atoms with Gasteiger partial charge in [-0.1, -0.05) is 18.2 Å². The van der Waals surface area contributed by atoms with Gasteiger partial charge in [0, 0.05) is 25.2 Å². The third-order valence-electron chi connectivity index (χ3n) is 4.74. The van der Waals surface area contributed by atoms with Crippen LogP contribution in [0.4, 0.5) is 0 Å². The fourth-order valence-electron chi connectivity index (χ4n) is 3.22. The predicted octanol–water partition coefficient (Wildman–Crippen LogP) is 2.54. The minimum Gasteiger partial charge on any atom is -0.374 e. The highest BCUT2D eigenvalue weighted by Crippen LogP contribution is 2.19. The first kappa shape index (κ1) is 16.5. The molecule has 2 unspecified atom stereocenters. The van der Waals surface area contributed by atoms with Gasteiger partial charge in [0.05, 0.1) is 12.7 Å². The van der Waals surface area contributed by atoms with Crippen LogP contribution in [0.2, 0.25) is 0 Å². The maximum Gasteiger partial charge on any atom is 0.0858 e. The Morgan fingerprint density at radius 2 is 1.95 bits per heavy atom. The number of morpholine rings is 1. The van der Waals surface area contributed by atoms with Crippen LogP contribution < -0.4 is 5.32 Å². The smallest absolute Gasteiger partial charge is 0.0858 e. The van der Waals surface area contributed by atoms with Crippen LogP contribution in [0.1, 0.15) is 30.5 Å². The number of nitrogens with one attached hydrogen (secondary N) is 1. The standard InChI is InChI=1S/C18H30N2O/c1-13(2)20-9-10-21-18(12-20)17(19-5)11-16-14(3)7-6-8-15(16)4/h6-8,13,17-19H,9-12H2,1-5H3. The van der Waals surface area contributed by atoms with Gasteiger partial charge in [-0.2, -0.15) is 0 Å². The molecule has 0 saturated carbocycles. The average molecular weight is 290 g/mol. The summed E-state index contributed by atoms with van der Waals surface area (Å²) in [7, 11) is 2.05. The van der Waals surface area contributed by atoms with E-state index in [2.05, 4.69) is 63.2 Å². The third kappa shape index (κ3) is 4.06. The zero-order valence-electron chi connectivity index (χ0n) is 14.1. The molecule has 21 heavy (non-hydrogen) atoms. The van der Waals surface area contributed by atoms with Gasteiger partial charge in [0.15, 0.2) is 0 Å². The van der Waals surface area contributed by atoms with Crippen molar-refractivity contribution in [3.05, 3.63) is 34.9 Å². The van der Waals surface area contributed by atoms with Crippen molar-refractivity contribution in [3.8, 4) is 0 Å². The Morgan fingerprint density at radius 3 is 2.52 bits per heavy atom. The topological polar surface area (TPSA) is 24.5 Å². The molecule has 1 heterocycles. The van der Waals surface area contributed by atoms with Crippen molar-refractivity contribution in [1.29, 1.82) is 0 Å². The highest BCUT2D eigenvalue weighted by Gasteiger charge is 2.28. The summed E-state index contributed by atoms with van der Waals surface area (Å²) in [6.07, 6.45) is 1.30. The van der Waals surface area contributed by atoms with Gasteiger partial charge in [0.2, 0.25) is 0 Å². The lowest BCUT2D eigenvalue weighted by Crippen LogP contribution is -2.54. The Bertz CT molecular complexity index is 438. The molecule has 0 aromatic heterocycles. The van der Waals surface area contributed by atoms with Crippen molar-refractivity contribution in [3.63, 3.8) is 0 Å². The molecule has 1 aromatic rings. The highest BCUT2D eigenvalue weighted by atomic mass is 16.5. The molecule has 0 radical (unpaired) electrons. The average Bonchev–Trinajstić information content (AvgIpc) is 2.47. The van der Waals surface area contributed by atoms with E-state index in [9.17, 15) is 0 Å². The van der Waals surface area contributed by atoms with Crippen LogP contribution in [-0.2, 0) is 11.2 Å². The van der Waals surface area contributed by atoms with Gasteiger partial charge in [-0.3, -0.25) is 4.90 Å². The van der Waals surface area contributed by atoms with Crippen LogP contribution in [0, 0.1) is 13.8 Å². The zero-order valence-corrected chi connectivity index (χ0v) is 14.1. The molecular formula is C18H30N2O. The Labute approximate surface area is 129 Å². The molecule has 118 valence electrons. The van der Waals surface area contributed by atoms with Crippen LogP contribution in [0.3, 0.4) is 0 Å². The molecule has 2 rings (SSSR count). The number of hydrogen-bond acceptors (Lipinski definition) is 3. The molecule has 1 saturated heterocycles. The van der Waals surface area contributed by atoms with Crippen molar-refractivity contribution in [2.24, 2.45) is 0 Å². The first-order valence-electron chi connectivity index (χ1n) is 8.11. The first-order valence-corrected chi connectivity index (χ1v) is 8.11. The molecule has 0 amide bonds. The second-order valence-corrected chi connectivity index (χ2v) is 6.47. The summed E-state index contributed by atoms with van der Waals surface area (Å²) in [6, 6.07) is 7.51. The lowest BCUT2D eigenvalue weighted by molar-refractivity contribution is -0.0542. The minimum absolute atomic E-state index is 0.269. The Balaban J connectivity index is 2.09. The summed E-state index contributed by atoms with van der Waals surface area (Å²) >= 11 is 0. The zero-order chi connectivity index (χ0) is 15.4. The van der Waals surface area contributed by atoms with E-state index in [4.69, 9.17) is 4.74 Å². The normalized spacial score (nSPS) is 21.7. The van der Waals surface area contributed by atoms with E-state index >= 15 is 0 Å². The molecule has 1 aliphatic heterocycles. The lowest BCUT2D eigenvalue weighted by Gasteiger charge is -2.39. The van der Waals surface area contributed by atoms with Crippen molar-refractivity contribution in [2.75, 3.05) is 26.7 Å². The van der Waals surface area contributed by atoms with E-state index < -0.39 is 0 Å². The first-order chi connectivity index (χ1) is 10.0. The van der Waals surface area contributed by atoms with Gasteiger partial charge in [-0.05, 0) is 57.9 Å². The van der Waals surface area contributed by atoms with Gasteiger partial charge >= 0.3 is 0 Å². The van der Waals surface area contributed by atoms with Crippen molar-refractivity contribution >= 4 is 0 Å². The van der Waals surface area contributed by atoms with E-state index in [1.54, 1.807) is 0 Å². The molecule has 3 heteroatoms. The van der Waals surface area contributed by atoms with Gasteiger partial charge in [-0.25, -0.2) is 0 Å². The van der Waals surface area contributed by atoms with E-state index in [1.807, 2.05) is 0 Å². The van der Waals surface area contributed by atoms with Crippen LogP contribution in [0.5, 0.6) is 0 Å². The lowest BCUT2D eigenvalue weighted by atomic mass is 9.93. The fourth-order valence-corrected chi connectivity index (χ4v) is 3.22. The van der Waals surface area contributed by atoms with Crippen LogP contribution in [0.15, 0.2) is 18.2 Å². The molecule has 0 aliphatic carbocycles. The molecule has 3 nitrogen and oxygen atoms in total. The van der Waals surface area contributed by atoms with Crippen molar-refractivity contribution in [1.82, 2.24) is 10.2 Å². The number of benzene rings is 1. The summed E-state index contributed by atoms with van der Waals surface area (Å²) in [5.74, 6) is 0. The number of hydrogen-bond donors (Lipinski definition) is 1. The SMILES string of the molecule is CNC(Cc1c(C)cccc1C)C1CN(C(C)C)CCO1. The molecule has 1 aliphatic rings. The van der Waals surface area contributed by atoms with Crippen LogP contribution in [0.25, 0.3) is 0 Å². The maximum absolute atomic E-state index is 6.06. The van der Waals surface area contributed by atoms with Gasteiger partial charge in [0.1, 0.15) is 0 Å². The second-order valence-electron chi connectivity index (χ2n) is 6.47. The predicted molar refractivity (Wildman–Crippen MR) is 88.9 cm³/mol. The molecule has 2 atom stereocenters. The number of likely N-dealkylation sites (N-methyl/N-ethyl adjacent to an activating group) is 1. The van der Waals surface area contributed by atoms with E-state index in [0.717, 1.165) is 26.1 Å². The molecule has 0 spiro atoms. The van der Waals surface area contributed by atoms with Crippen molar-refractivity contribution < 1.29 is 4.74 Å². The highest BCUT2D eigenvalue weighted by molar-refractivity contribution is 5.34. The Morgan fingerprint density at radius 1 is 1.29 bits per heavy atom. The van der Waals surface area contributed by atoms with Crippen molar-refractivity contribution in [2.45, 2.75) is 52.3 Å². The molecular weight excluding hydrogens is 260 g/mol. The summed E-state index contributed by atoms with van der Waals surface area (Å²) in [6.45, 7) is 11.9. The van der Waals surface area contributed by atoms with E-state index in [0.29, 0.717) is 12.1 Å². The Hall–Kier alpha value is -0.900. The van der Waals surface area contributed by atoms with Gasteiger partial charge < -0.3 is 10.1 Å². The molecule has 1 fully saturated rings. The Kier molecular flexibility index (Phi) is 5.80. The summed E-state index contributed by atoms with van der Waals surface area (Å²) in [5, 5.41) is 3.48. The molecule has 1 N–H and O–H groups in total. The summed E-state index contributed by atoms with van der Waals surface area (Å²) < 4.78 is 6.06. The monoisotopic (exact) mass is 290 g/mol. The van der Waals surface area contributed by atoms with Crippen LogP contribution >= 0.6 is 0 Å². The van der Waals surface area contributed by atoms with E-state index in [1.165, 1.54) is 16.7 Å².